The predicted molar refractivity (Wildman–Crippen MR) is 115 cm³/mol. The van der Waals surface area contributed by atoms with Crippen LogP contribution < -0.4 is 10.1 Å². The van der Waals surface area contributed by atoms with Crippen LogP contribution in [0.15, 0.2) is 48.0 Å². The number of nitrogens with one attached hydrogen (secondary N) is 1. The van der Waals surface area contributed by atoms with Gasteiger partial charge in [-0.1, -0.05) is 44.0 Å². The number of nitrogens with zero attached hydrogens (tertiary/aromatic N) is 2. The molecule has 7 nitrogen and oxygen atoms in total. The van der Waals surface area contributed by atoms with Gasteiger partial charge < -0.3 is 10.1 Å². The van der Waals surface area contributed by atoms with Gasteiger partial charge in [-0.15, -0.1) is 0 Å². The number of carbonyl (C=O) groups excluding carboxylic acids is 1. The van der Waals surface area contributed by atoms with E-state index >= 15 is 0 Å². The zero-order valence-electron chi connectivity index (χ0n) is 17.2. The number of aromatic nitrogens is 2. The van der Waals surface area contributed by atoms with E-state index in [9.17, 15) is 13.2 Å². The minimum Gasteiger partial charge on any atom is -0.438 e. The van der Waals surface area contributed by atoms with Gasteiger partial charge in [-0.05, 0) is 31.4 Å². The highest BCUT2D eigenvalue weighted by Crippen LogP contribution is 2.34. The molecule has 1 fully saturated rings. The Morgan fingerprint density at radius 3 is 2.60 bits per heavy atom. The maximum absolute atomic E-state index is 12.9. The molecule has 0 spiro atoms. The normalized spacial score (nSPS) is 15.9. The number of hydrogen-bond acceptors (Lipinski definition) is 6. The fraction of sp³-hybridized carbons (Fsp3) is 0.409. The maximum atomic E-state index is 12.9. The largest absolute Gasteiger partial charge is 0.438 e. The van der Waals surface area contributed by atoms with Crippen molar-refractivity contribution in [2.75, 3.05) is 6.26 Å². The standard InChI is InChI=1S/C22H27N3O4S/c1-3-17(13-14-30(2,27)28)24-21(26)19-15-23-20(16-9-7-8-10-16)25-22(19)29-18-11-5-4-6-12-18/h4-6,11-17H,3,7-10H2,1-2H3,(H,24,26). The molecule has 1 unspecified atom stereocenters. The van der Waals surface area contributed by atoms with E-state index in [4.69, 9.17) is 4.74 Å². The zero-order chi connectivity index (χ0) is 21.6. The number of ether oxygens (including phenoxy) is 1. The van der Waals surface area contributed by atoms with Crippen molar-refractivity contribution in [1.82, 2.24) is 15.3 Å². The van der Waals surface area contributed by atoms with E-state index < -0.39 is 21.8 Å². The fourth-order valence-electron chi connectivity index (χ4n) is 3.36. The molecule has 8 heteroatoms. The molecule has 1 aliphatic carbocycles. The summed E-state index contributed by atoms with van der Waals surface area (Å²) in [5.41, 5.74) is 0.215. The SMILES string of the molecule is CCC(C=CS(C)(=O)=O)NC(=O)c1cnc(C2CCCC2)nc1Oc1ccccc1. The van der Waals surface area contributed by atoms with Crippen LogP contribution in [-0.2, 0) is 9.84 Å². The van der Waals surface area contributed by atoms with Crippen molar-refractivity contribution in [2.45, 2.75) is 51.0 Å². The minimum absolute atomic E-state index is 0.206. The summed E-state index contributed by atoms with van der Waals surface area (Å²) in [6.07, 6.45) is 8.98. The van der Waals surface area contributed by atoms with Gasteiger partial charge in [0.15, 0.2) is 9.84 Å². The number of amides is 1. The number of carbonyl (C=O) groups is 1. The van der Waals surface area contributed by atoms with Crippen molar-refractivity contribution in [3.8, 4) is 11.6 Å². The summed E-state index contributed by atoms with van der Waals surface area (Å²) in [4.78, 5) is 21.9. The first-order valence-corrected chi connectivity index (χ1v) is 12.1. The van der Waals surface area contributed by atoms with Gasteiger partial charge in [-0.2, -0.15) is 4.98 Å². The third-order valence-corrected chi connectivity index (χ3v) is 5.66. The summed E-state index contributed by atoms with van der Waals surface area (Å²) in [5, 5.41) is 3.92. The molecular weight excluding hydrogens is 402 g/mol. The molecule has 3 rings (SSSR count). The molecule has 1 amide bonds. The van der Waals surface area contributed by atoms with E-state index in [1.807, 2.05) is 25.1 Å². The molecular formula is C22H27N3O4S. The lowest BCUT2D eigenvalue weighted by atomic mass is 10.1. The molecule has 1 heterocycles. The summed E-state index contributed by atoms with van der Waals surface area (Å²) in [6.45, 7) is 1.86. The summed E-state index contributed by atoms with van der Waals surface area (Å²) < 4.78 is 28.7. The van der Waals surface area contributed by atoms with Gasteiger partial charge in [-0.3, -0.25) is 4.79 Å². The average Bonchev–Trinajstić information content (AvgIpc) is 3.26. The van der Waals surface area contributed by atoms with Crippen LogP contribution in [0.3, 0.4) is 0 Å². The Morgan fingerprint density at radius 2 is 1.97 bits per heavy atom. The Bertz CT molecular complexity index is 1000. The van der Waals surface area contributed by atoms with Crippen molar-refractivity contribution >= 4 is 15.7 Å². The van der Waals surface area contributed by atoms with Crippen molar-refractivity contribution in [2.24, 2.45) is 0 Å². The van der Waals surface area contributed by atoms with E-state index in [0.29, 0.717) is 18.0 Å². The van der Waals surface area contributed by atoms with Crippen LogP contribution in [0.25, 0.3) is 0 Å². The molecule has 0 bridgehead atoms. The Labute approximate surface area is 177 Å². The van der Waals surface area contributed by atoms with Crippen molar-refractivity contribution in [1.29, 1.82) is 0 Å². The highest BCUT2D eigenvalue weighted by atomic mass is 32.2. The number of para-hydroxylation sites is 1. The second kappa shape index (κ2) is 9.84. The van der Waals surface area contributed by atoms with Gasteiger partial charge in [0, 0.05) is 29.8 Å². The minimum atomic E-state index is -3.27. The van der Waals surface area contributed by atoms with E-state index in [-0.39, 0.29) is 17.4 Å². The number of benzene rings is 1. The van der Waals surface area contributed by atoms with E-state index in [0.717, 1.165) is 37.3 Å². The third kappa shape index (κ3) is 6.13. The fourth-order valence-corrected chi connectivity index (χ4v) is 3.84. The molecule has 160 valence electrons. The number of sulfone groups is 1. The first-order chi connectivity index (χ1) is 14.4. The molecule has 1 aromatic heterocycles. The quantitative estimate of drug-likeness (QED) is 0.681. The average molecular weight is 430 g/mol. The summed E-state index contributed by atoms with van der Waals surface area (Å²) in [5.74, 6) is 1.34. The van der Waals surface area contributed by atoms with Crippen LogP contribution >= 0.6 is 0 Å². The Kier molecular flexibility index (Phi) is 7.20. The van der Waals surface area contributed by atoms with Gasteiger partial charge >= 0.3 is 0 Å². The van der Waals surface area contributed by atoms with Crippen LogP contribution in [0.4, 0.5) is 0 Å². The summed E-state index contributed by atoms with van der Waals surface area (Å²) in [6, 6.07) is 8.72. The molecule has 1 aliphatic rings. The van der Waals surface area contributed by atoms with Crippen molar-refractivity contribution in [3.63, 3.8) is 0 Å². The topological polar surface area (TPSA) is 98.2 Å². The van der Waals surface area contributed by atoms with Crippen LogP contribution in [0.2, 0.25) is 0 Å². The number of hydrogen-bond donors (Lipinski definition) is 1. The lowest BCUT2D eigenvalue weighted by Gasteiger charge is -2.16. The van der Waals surface area contributed by atoms with Gasteiger partial charge in [-0.25, -0.2) is 13.4 Å². The van der Waals surface area contributed by atoms with Crippen LogP contribution in [-0.4, -0.2) is 36.6 Å². The second-order valence-electron chi connectivity index (χ2n) is 7.49. The smallest absolute Gasteiger partial charge is 0.258 e. The summed E-state index contributed by atoms with van der Waals surface area (Å²) in [7, 11) is -3.27. The van der Waals surface area contributed by atoms with Gasteiger partial charge in [0.2, 0.25) is 5.88 Å². The first-order valence-electron chi connectivity index (χ1n) is 10.1. The first kappa shape index (κ1) is 22.0. The highest BCUT2D eigenvalue weighted by molar-refractivity contribution is 7.93. The molecule has 1 saturated carbocycles. The van der Waals surface area contributed by atoms with Gasteiger partial charge in [0.1, 0.15) is 17.1 Å². The van der Waals surface area contributed by atoms with Crippen LogP contribution in [0, 0.1) is 0 Å². The molecule has 0 saturated heterocycles. The molecule has 1 N–H and O–H groups in total. The molecule has 1 aromatic carbocycles. The van der Waals surface area contributed by atoms with E-state index in [1.165, 1.54) is 12.3 Å². The van der Waals surface area contributed by atoms with E-state index in [1.54, 1.807) is 12.1 Å². The number of rotatable bonds is 8. The van der Waals surface area contributed by atoms with Crippen molar-refractivity contribution < 1.29 is 17.9 Å². The lowest BCUT2D eigenvalue weighted by Crippen LogP contribution is -2.33. The van der Waals surface area contributed by atoms with Crippen molar-refractivity contribution in [3.05, 3.63) is 59.4 Å². The van der Waals surface area contributed by atoms with Gasteiger partial charge in [0.05, 0.1) is 0 Å². The van der Waals surface area contributed by atoms with Crippen LogP contribution in [0.1, 0.15) is 61.1 Å². The maximum Gasteiger partial charge on any atom is 0.258 e. The Hall–Kier alpha value is -2.74. The zero-order valence-corrected chi connectivity index (χ0v) is 18.1. The second-order valence-corrected chi connectivity index (χ2v) is 9.42. The predicted octanol–water partition coefficient (Wildman–Crippen LogP) is 3.99. The molecule has 1 atom stereocenters. The van der Waals surface area contributed by atoms with E-state index in [2.05, 4.69) is 15.3 Å². The highest BCUT2D eigenvalue weighted by Gasteiger charge is 2.24. The lowest BCUT2D eigenvalue weighted by molar-refractivity contribution is 0.0940. The summed E-state index contributed by atoms with van der Waals surface area (Å²) >= 11 is 0. The Balaban J connectivity index is 1.87. The van der Waals surface area contributed by atoms with Gasteiger partial charge in [0.25, 0.3) is 5.91 Å². The molecule has 0 aliphatic heterocycles. The molecule has 30 heavy (non-hydrogen) atoms. The Morgan fingerprint density at radius 1 is 1.27 bits per heavy atom. The molecule has 0 radical (unpaired) electrons. The molecule has 2 aromatic rings. The third-order valence-electron chi connectivity index (χ3n) is 5.01. The van der Waals surface area contributed by atoms with Crippen LogP contribution in [0.5, 0.6) is 11.6 Å². The monoisotopic (exact) mass is 429 g/mol.